The van der Waals surface area contributed by atoms with Gasteiger partial charge in [-0.2, -0.15) is 0 Å². The number of hydrogen-bond acceptors (Lipinski definition) is 4. The van der Waals surface area contributed by atoms with Crippen molar-refractivity contribution in [2.75, 3.05) is 13.2 Å². The van der Waals surface area contributed by atoms with Gasteiger partial charge in [0.15, 0.2) is 0 Å². The normalized spacial score (nSPS) is 18.4. The maximum absolute atomic E-state index is 12.6. The van der Waals surface area contributed by atoms with E-state index in [1.165, 1.54) is 70.6 Å². The molecule has 0 aromatic carbocycles. The molecule has 0 aliphatic heterocycles. The fraction of sp³-hybridized carbons (Fsp3) is 0.931. The van der Waals surface area contributed by atoms with Crippen LogP contribution >= 0.6 is 0 Å². The molecule has 1 saturated carbocycles. The lowest BCUT2D eigenvalue weighted by Gasteiger charge is -2.28. The minimum atomic E-state index is -0.304. The molecule has 0 saturated heterocycles. The van der Waals surface area contributed by atoms with Crippen molar-refractivity contribution in [3.8, 4) is 0 Å². The molecule has 0 N–H and O–H groups in total. The summed E-state index contributed by atoms with van der Waals surface area (Å²) < 4.78 is 11.1. The highest BCUT2D eigenvalue weighted by molar-refractivity contribution is 5.82. The van der Waals surface area contributed by atoms with Crippen molar-refractivity contribution in [2.24, 2.45) is 17.8 Å². The number of unbranched alkanes of at least 4 members (excludes halogenated alkanes) is 12. The van der Waals surface area contributed by atoms with Crippen LogP contribution in [0.5, 0.6) is 0 Å². The Kier molecular flexibility index (Phi) is 18.5. The van der Waals surface area contributed by atoms with Gasteiger partial charge in [-0.15, -0.1) is 0 Å². The highest BCUT2D eigenvalue weighted by Crippen LogP contribution is 2.32. The van der Waals surface area contributed by atoms with E-state index in [9.17, 15) is 9.59 Å². The highest BCUT2D eigenvalue weighted by Gasteiger charge is 2.37. The zero-order valence-corrected chi connectivity index (χ0v) is 22.2. The first-order valence-corrected chi connectivity index (χ1v) is 14.4. The van der Waals surface area contributed by atoms with Crippen LogP contribution in [0.2, 0.25) is 0 Å². The first-order valence-electron chi connectivity index (χ1n) is 14.4. The van der Waals surface area contributed by atoms with E-state index in [4.69, 9.17) is 9.47 Å². The molecule has 33 heavy (non-hydrogen) atoms. The van der Waals surface area contributed by atoms with Crippen molar-refractivity contribution in [3.63, 3.8) is 0 Å². The van der Waals surface area contributed by atoms with Crippen molar-refractivity contribution in [2.45, 2.75) is 143 Å². The quantitative estimate of drug-likeness (QED) is 0.133. The Bertz CT molecular complexity index is 488. The van der Waals surface area contributed by atoms with Gasteiger partial charge in [0, 0.05) is 0 Å². The van der Waals surface area contributed by atoms with Crippen molar-refractivity contribution in [1.29, 1.82) is 0 Å². The van der Waals surface area contributed by atoms with Gasteiger partial charge < -0.3 is 9.47 Å². The maximum atomic E-state index is 12.6. The van der Waals surface area contributed by atoms with E-state index in [-0.39, 0.29) is 23.8 Å². The monoisotopic (exact) mass is 466 g/mol. The Hall–Kier alpha value is -1.06. The van der Waals surface area contributed by atoms with Gasteiger partial charge in [0.25, 0.3) is 0 Å². The molecule has 1 rings (SSSR count). The first kappa shape index (κ1) is 30.0. The smallest absolute Gasteiger partial charge is 0.309 e. The summed E-state index contributed by atoms with van der Waals surface area (Å²) in [5, 5.41) is 0. The molecule has 4 nitrogen and oxygen atoms in total. The van der Waals surface area contributed by atoms with Crippen molar-refractivity contribution in [1.82, 2.24) is 0 Å². The van der Waals surface area contributed by atoms with E-state index in [1.54, 1.807) is 0 Å². The largest absolute Gasteiger partial charge is 0.465 e. The zero-order chi connectivity index (χ0) is 24.2. The van der Waals surface area contributed by atoms with Crippen molar-refractivity contribution >= 4 is 11.9 Å². The van der Waals surface area contributed by atoms with Crippen LogP contribution in [0.15, 0.2) is 0 Å². The van der Waals surface area contributed by atoms with Crippen LogP contribution in [0.4, 0.5) is 0 Å². The minimum Gasteiger partial charge on any atom is -0.465 e. The average Bonchev–Trinajstić information content (AvgIpc) is 2.81. The molecule has 4 heteroatoms. The van der Waals surface area contributed by atoms with E-state index in [0.717, 1.165) is 57.3 Å². The molecule has 2 atom stereocenters. The molecule has 1 aliphatic rings. The fourth-order valence-corrected chi connectivity index (χ4v) is 4.85. The number of esters is 2. The molecule has 0 bridgehead atoms. The van der Waals surface area contributed by atoms with Gasteiger partial charge >= 0.3 is 11.9 Å². The molecule has 0 heterocycles. The van der Waals surface area contributed by atoms with Crippen LogP contribution in [0.3, 0.4) is 0 Å². The standard InChI is InChI=1S/C29H54O4/c1-4-5-6-7-10-13-18-23-32-28(30)26-21-16-17-22-27(26)29(31)33-24-19-14-11-8-9-12-15-20-25(2)3/h25-27H,4-24H2,1-3H3. The Morgan fingerprint density at radius 2 is 1.03 bits per heavy atom. The topological polar surface area (TPSA) is 52.6 Å². The summed E-state index contributed by atoms with van der Waals surface area (Å²) in [6.07, 6.45) is 21.8. The maximum Gasteiger partial charge on any atom is 0.309 e. The second-order valence-corrected chi connectivity index (χ2v) is 10.6. The van der Waals surface area contributed by atoms with Crippen LogP contribution < -0.4 is 0 Å². The van der Waals surface area contributed by atoms with Crippen LogP contribution in [0.1, 0.15) is 143 Å². The molecule has 1 fully saturated rings. The molecule has 0 aromatic heterocycles. The lowest BCUT2D eigenvalue weighted by Crippen LogP contribution is -2.35. The zero-order valence-electron chi connectivity index (χ0n) is 22.2. The predicted octanol–water partition coefficient (Wildman–Crippen LogP) is 8.41. The summed E-state index contributed by atoms with van der Waals surface area (Å²) in [7, 11) is 0. The van der Waals surface area contributed by atoms with E-state index in [1.807, 2.05) is 0 Å². The molecular weight excluding hydrogens is 412 g/mol. The number of hydrogen-bond donors (Lipinski definition) is 0. The van der Waals surface area contributed by atoms with Crippen molar-refractivity contribution < 1.29 is 19.1 Å². The molecule has 0 spiro atoms. The predicted molar refractivity (Wildman–Crippen MR) is 137 cm³/mol. The second kappa shape index (κ2) is 20.3. The van der Waals surface area contributed by atoms with Crippen LogP contribution in [0.25, 0.3) is 0 Å². The summed E-state index contributed by atoms with van der Waals surface area (Å²) in [4.78, 5) is 25.3. The van der Waals surface area contributed by atoms with Gasteiger partial charge in [0.1, 0.15) is 0 Å². The molecule has 2 unspecified atom stereocenters. The summed E-state index contributed by atoms with van der Waals surface area (Å²) in [5.41, 5.74) is 0. The number of ether oxygens (including phenoxy) is 2. The van der Waals surface area contributed by atoms with E-state index in [0.29, 0.717) is 13.2 Å². The van der Waals surface area contributed by atoms with Gasteiger partial charge in [0.2, 0.25) is 0 Å². The van der Waals surface area contributed by atoms with Gasteiger partial charge in [0.05, 0.1) is 25.0 Å². The average molecular weight is 467 g/mol. The lowest BCUT2D eigenvalue weighted by atomic mass is 9.79. The first-order chi connectivity index (χ1) is 16.1. The van der Waals surface area contributed by atoms with Crippen LogP contribution in [-0.2, 0) is 19.1 Å². The van der Waals surface area contributed by atoms with Crippen molar-refractivity contribution in [3.05, 3.63) is 0 Å². The minimum absolute atomic E-state index is 0.179. The summed E-state index contributed by atoms with van der Waals surface area (Å²) in [5.74, 6) is -0.153. The third-order valence-electron chi connectivity index (χ3n) is 7.03. The van der Waals surface area contributed by atoms with E-state index < -0.39 is 0 Å². The second-order valence-electron chi connectivity index (χ2n) is 10.6. The Labute approximate surface area is 205 Å². The van der Waals surface area contributed by atoms with Gasteiger partial charge in [-0.1, -0.05) is 117 Å². The molecule has 1 aliphatic carbocycles. The van der Waals surface area contributed by atoms with Gasteiger partial charge in [-0.05, 0) is 31.6 Å². The Morgan fingerprint density at radius 3 is 1.45 bits per heavy atom. The number of carbonyl (C=O) groups is 2. The lowest BCUT2D eigenvalue weighted by molar-refractivity contribution is -0.163. The third kappa shape index (κ3) is 15.5. The summed E-state index contributed by atoms with van der Waals surface area (Å²) in [6.45, 7) is 7.78. The molecule has 194 valence electrons. The SMILES string of the molecule is CCCCCCCCCOC(=O)C1CCCCC1C(=O)OCCCCCCCCCC(C)C. The molecule has 0 radical (unpaired) electrons. The Balaban J connectivity index is 2.13. The molecule has 0 amide bonds. The number of rotatable bonds is 20. The highest BCUT2D eigenvalue weighted by atomic mass is 16.5. The summed E-state index contributed by atoms with van der Waals surface area (Å²) >= 11 is 0. The summed E-state index contributed by atoms with van der Waals surface area (Å²) in [6, 6.07) is 0. The van der Waals surface area contributed by atoms with Crippen LogP contribution in [-0.4, -0.2) is 25.2 Å². The van der Waals surface area contributed by atoms with Crippen LogP contribution in [0, 0.1) is 17.8 Å². The molecular formula is C29H54O4. The number of carbonyl (C=O) groups excluding carboxylic acids is 2. The Morgan fingerprint density at radius 1 is 0.636 bits per heavy atom. The van der Waals surface area contributed by atoms with Gasteiger partial charge in [-0.25, -0.2) is 0 Å². The van der Waals surface area contributed by atoms with E-state index in [2.05, 4.69) is 20.8 Å². The fourth-order valence-electron chi connectivity index (χ4n) is 4.85. The third-order valence-corrected chi connectivity index (χ3v) is 7.03. The van der Waals surface area contributed by atoms with Gasteiger partial charge in [-0.3, -0.25) is 9.59 Å². The van der Waals surface area contributed by atoms with E-state index >= 15 is 0 Å². The molecule has 0 aromatic rings.